The number of benzene rings is 1. The van der Waals surface area contributed by atoms with Crippen molar-refractivity contribution in [3.63, 3.8) is 0 Å². The van der Waals surface area contributed by atoms with Crippen molar-refractivity contribution in [2.75, 3.05) is 5.32 Å². The van der Waals surface area contributed by atoms with Crippen LogP contribution in [0.15, 0.2) is 43.0 Å². The highest BCUT2D eigenvalue weighted by molar-refractivity contribution is 6.30. The zero-order chi connectivity index (χ0) is 13.0. The molecule has 1 amide bonds. The summed E-state index contributed by atoms with van der Waals surface area (Å²) in [5.74, 6) is -0.0431. The fourth-order valence-electron chi connectivity index (χ4n) is 1.68. The molecular formula is C13H14ClN3O. The van der Waals surface area contributed by atoms with Crippen LogP contribution in [0.3, 0.4) is 0 Å². The first-order valence-corrected chi connectivity index (χ1v) is 6.06. The Balaban J connectivity index is 1.93. The molecule has 1 aromatic heterocycles. The number of hydrogen-bond donors (Lipinski definition) is 1. The average molecular weight is 264 g/mol. The summed E-state index contributed by atoms with van der Waals surface area (Å²) in [4.78, 5) is 15.8. The van der Waals surface area contributed by atoms with Gasteiger partial charge in [-0.25, -0.2) is 4.98 Å². The van der Waals surface area contributed by atoms with Gasteiger partial charge in [-0.2, -0.15) is 0 Å². The third kappa shape index (κ3) is 3.34. The minimum atomic E-state index is -0.0431. The maximum Gasteiger partial charge on any atom is 0.226 e. The molecule has 0 spiro atoms. The number of amides is 1. The number of halogens is 1. The molecule has 0 aliphatic carbocycles. The van der Waals surface area contributed by atoms with Gasteiger partial charge in [0.1, 0.15) is 0 Å². The molecule has 5 heteroatoms. The van der Waals surface area contributed by atoms with Gasteiger partial charge in [0.25, 0.3) is 0 Å². The van der Waals surface area contributed by atoms with Crippen LogP contribution in [-0.4, -0.2) is 15.5 Å². The van der Waals surface area contributed by atoms with E-state index in [2.05, 4.69) is 10.3 Å². The highest BCUT2D eigenvalue weighted by Crippen LogP contribution is 2.16. The van der Waals surface area contributed by atoms with E-state index in [9.17, 15) is 4.79 Å². The van der Waals surface area contributed by atoms with Crippen molar-refractivity contribution in [1.29, 1.82) is 0 Å². The van der Waals surface area contributed by atoms with Crippen LogP contribution in [0.4, 0.5) is 5.69 Å². The maximum absolute atomic E-state index is 11.8. The molecule has 0 aliphatic rings. The van der Waals surface area contributed by atoms with Crippen molar-refractivity contribution >= 4 is 23.2 Å². The molecular weight excluding hydrogens is 250 g/mol. The first-order chi connectivity index (χ1) is 8.65. The van der Waals surface area contributed by atoms with Crippen LogP contribution < -0.4 is 5.32 Å². The molecule has 0 aliphatic heterocycles. The normalized spacial score (nSPS) is 12.1. The van der Waals surface area contributed by atoms with Gasteiger partial charge in [-0.3, -0.25) is 4.79 Å². The van der Waals surface area contributed by atoms with E-state index in [1.807, 2.05) is 23.8 Å². The molecule has 0 fully saturated rings. The summed E-state index contributed by atoms with van der Waals surface area (Å²) in [5, 5.41) is 3.43. The van der Waals surface area contributed by atoms with E-state index in [1.165, 1.54) is 0 Å². The van der Waals surface area contributed by atoms with Gasteiger partial charge < -0.3 is 9.88 Å². The van der Waals surface area contributed by atoms with Gasteiger partial charge >= 0.3 is 0 Å². The molecule has 0 bridgehead atoms. The fourth-order valence-corrected chi connectivity index (χ4v) is 1.87. The lowest BCUT2D eigenvalue weighted by molar-refractivity contribution is -0.116. The average Bonchev–Trinajstić information content (AvgIpc) is 2.81. The molecule has 0 radical (unpaired) electrons. The van der Waals surface area contributed by atoms with Gasteiger partial charge in [0, 0.05) is 35.6 Å². The lowest BCUT2D eigenvalue weighted by Gasteiger charge is -2.12. The second-order valence-corrected chi connectivity index (χ2v) is 4.56. The number of hydrogen-bond acceptors (Lipinski definition) is 2. The Kier molecular flexibility index (Phi) is 3.99. The smallest absolute Gasteiger partial charge is 0.226 e. The van der Waals surface area contributed by atoms with Gasteiger partial charge in [-0.15, -0.1) is 0 Å². The van der Waals surface area contributed by atoms with Crippen molar-refractivity contribution in [3.05, 3.63) is 48.0 Å². The highest BCUT2D eigenvalue weighted by atomic mass is 35.5. The molecule has 1 N–H and O–H groups in total. The van der Waals surface area contributed by atoms with E-state index in [0.717, 1.165) is 0 Å². The molecule has 1 aromatic carbocycles. The molecule has 1 atom stereocenters. The van der Waals surface area contributed by atoms with Gasteiger partial charge in [0.15, 0.2) is 0 Å². The summed E-state index contributed by atoms with van der Waals surface area (Å²) in [5.41, 5.74) is 0.713. The Hall–Kier alpha value is -1.81. The van der Waals surface area contributed by atoms with Crippen LogP contribution in [0, 0.1) is 0 Å². The lowest BCUT2D eigenvalue weighted by Crippen LogP contribution is -2.16. The molecule has 4 nitrogen and oxygen atoms in total. The zero-order valence-electron chi connectivity index (χ0n) is 10.0. The molecule has 2 rings (SSSR count). The van der Waals surface area contributed by atoms with Crippen LogP contribution >= 0.6 is 11.6 Å². The molecule has 0 unspecified atom stereocenters. The number of carbonyl (C=O) groups is 1. The van der Waals surface area contributed by atoms with Crippen LogP contribution in [0.5, 0.6) is 0 Å². The number of rotatable bonds is 4. The van der Waals surface area contributed by atoms with E-state index in [4.69, 9.17) is 11.6 Å². The molecule has 0 saturated heterocycles. The number of imidazole rings is 1. The predicted molar refractivity (Wildman–Crippen MR) is 71.6 cm³/mol. The minimum Gasteiger partial charge on any atom is -0.334 e. The third-order valence-corrected chi connectivity index (χ3v) is 2.86. The van der Waals surface area contributed by atoms with E-state index in [-0.39, 0.29) is 11.9 Å². The number of aromatic nitrogens is 2. The van der Waals surface area contributed by atoms with Crippen molar-refractivity contribution in [1.82, 2.24) is 9.55 Å². The summed E-state index contributed by atoms with van der Waals surface area (Å²) >= 11 is 5.85. The van der Waals surface area contributed by atoms with Crippen LogP contribution in [-0.2, 0) is 4.79 Å². The second-order valence-electron chi connectivity index (χ2n) is 4.12. The number of nitrogens with zero attached hydrogens (tertiary/aromatic N) is 2. The summed E-state index contributed by atoms with van der Waals surface area (Å²) < 4.78 is 1.90. The standard InChI is InChI=1S/C13H14ClN3O/c1-10(17-6-5-15-9-17)7-13(18)16-12-4-2-3-11(14)8-12/h2-6,8-10H,7H2,1H3,(H,16,18)/t10-/m0/s1. The number of carbonyl (C=O) groups excluding carboxylic acids is 1. The van der Waals surface area contributed by atoms with Crippen molar-refractivity contribution < 1.29 is 4.79 Å². The summed E-state index contributed by atoms with van der Waals surface area (Å²) in [7, 11) is 0. The van der Waals surface area contributed by atoms with Crippen LogP contribution in [0.1, 0.15) is 19.4 Å². The molecule has 2 aromatic rings. The predicted octanol–water partition coefficient (Wildman–Crippen LogP) is 3.13. The van der Waals surface area contributed by atoms with Crippen molar-refractivity contribution in [2.24, 2.45) is 0 Å². The first-order valence-electron chi connectivity index (χ1n) is 5.68. The van der Waals surface area contributed by atoms with E-state index in [1.54, 1.807) is 30.7 Å². The Morgan fingerprint density at radius 2 is 2.39 bits per heavy atom. The Bertz CT molecular complexity index is 525. The monoisotopic (exact) mass is 263 g/mol. The number of anilines is 1. The molecule has 18 heavy (non-hydrogen) atoms. The third-order valence-electron chi connectivity index (χ3n) is 2.62. The van der Waals surface area contributed by atoms with Gasteiger partial charge in [0.2, 0.25) is 5.91 Å². The van der Waals surface area contributed by atoms with E-state index >= 15 is 0 Å². The Morgan fingerprint density at radius 3 is 3.06 bits per heavy atom. The quantitative estimate of drug-likeness (QED) is 0.921. The highest BCUT2D eigenvalue weighted by Gasteiger charge is 2.10. The van der Waals surface area contributed by atoms with E-state index < -0.39 is 0 Å². The Morgan fingerprint density at radius 1 is 1.56 bits per heavy atom. The molecule has 0 saturated carbocycles. The molecule has 1 heterocycles. The summed E-state index contributed by atoms with van der Waals surface area (Å²) in [6.07, 6.45) is 5.64. The SMILES string of the molecule is C[C@@H](CC(=O)Nc1cccc(Cl)c1)n1ccnc1. The van der Waals surface area contributed by atoms with Gasteiger partial charge in [-0.1, -0.05) is 17.7 Å². The summed E-state index contributed by atoms with van der Waals surface area (Å²) in [6.45, 7) is 1.97. The fraction of sp³-hybridized carbons (Fsp3) is 0.231. The minimum absolute atomic E-state index is 0.0431. The zero-order valence-corrected chi connectivity index (χ0v) is 10.8. The van der Waals surface area contributed by atoms with Gasteiger partial charge in [0.05, 0.1) is 6.33 Å². The van der Waals surface area contributed by atoms with Gasteiger partial charge in [-0.05, 0) is 25.1 Å². The second kappa shape index (κ2) is 5.69. The van der Waals surface area contributed by atoms with Crippen LogP contribution in [0.25, 0.3) is 0 Å². The van der Waals surface area contributed by atoms with Crippen LogP contribution in [0.2, 0.25) is 5.02 Å². The Labute approximate surface area is 111 Å². The largest absolute Gasteiger partial charge is 0.334 e. The maximum atomic E-state index is 11.8. The number of nitrogens with one attached hydrogen (secondary N) is 1. The van der Waals surface area contributed by atoms with Crippen molar-refractivity contribution in [2.45, 2.75) is 19.4 Å². The van der Waals surface area contributed by atoms with E-state index in [0.29, 0.717) is 17.1 Å². The summed E-state index contributed by atoms with van der Waals surface area (Å²) in [6, 6.07) is 7.18. The first kappa shape index (κ1) is 12.6. The van der Waals surface area contributed by atoms with Crippen molar-refractivity contribution in [3.8, 4) is 0 Å². The molecule has 94 valence electrons. The topological polar surface area (TPSA) is 46.9 Å². The lowest BCUT2D eigenvalue weighted by atomic mass is 10.2.